The SMILES string of the molecule is Oc1ccc2c(c1)O[C@H](c1ccc(OCCN3CCCCC3)cc1)C1=C2CCC2(C1)SCCS2. The summed E-state index contributed by atoms with van der Waals surface area (Å²) in [6.45, 7) is 4.14. The second-order valence-electron chi connectivity index (χ2n) is 9.79. The van der Waals surface area contributed by atoms with Crippen LogP contribution in [0.2, 0.25) is 0 Å². The maximum atomic E-state index is 10.1. The third-order valence-corrected chi connectivity index (χ3v) is 11.1. The van der Waals surface area contributed by atoms with Crippen LogP contribution in [-0.2, 0) is 0 Å². The van der Waals surface area contributed by atoms with Crippen molar-refractivity contribution in [2.45, 2.75) is 48.7 Å². The number of hydrogen-bond acceptors (Lipinski definition) is 6. The van der Waals surface area contributed by atoms with Gasteiger partial charge in [0, 0.05) is 29.7 Å². The molecule has 0 aromatic heterocycles. The molecule has 34 heavy (non-hydrogen) atoms. The van der Waals surface area contributed by atoms with E-state index in [2.05, 4.69) is 52.7 Å². The minimum atomic E-state index is -0.106. The van der Waals surface area contributed by atoms with Gasteiger partial charge in [0.15, 0.2) is 0 Å². The molecule has 2 aromatic carbocycles. The summed E-state index contributed by atoms with van der Waals surface area (Å²) in [6, 6.07) is 14.1. The number of allylic oxidation sites excluding steroid dienone is 1. The van der Waals surface area contributed by atoms with Crippen LogP contribution in [0.3, 0.4) is 0 Å². The van der Waals surface area contributed by atoms with Crippen LogP contribution in [-0.4, -0.2) is 51.8 Å². The average Bonchev–Trinajstić information content (AvgIpc) is 3.32. The Morgan fingerprint density at radius 1 is 1.03 bits per heavy atom. The number of thioether (sulfide) groups is 2. The Morgan fingerprint density at radius 2 is 1.82 bits per heavy atom. The predicted octanol–water partition coefficient (Wildman–Crippen LogP) is 6.50. The molecule has 0 unspecified atom stereocenters. The molecule has 0 amide bonds. The smallest absolute Gasteiger partial charge is 0.146 e. The average molecular weight is 496 g/mol. The number of rotatable bonds is 5. The van der Waals surface area contributed by atoms with Gasteiger partial charge in [0.1, 0.15) is 30.0 Å². The number of piperidine rings is 1. The van der Waals surface area contributed by atoms with Gasteiger partial charge in [0.2, 0.25) is 0 Å². The normalized spacial score (nSPS) is 23.9. The van der Waals surface area contributed by atoms with E-state index < -0.39 is 0 Å². The van der Waals surface area contributed by atoms with Crippen molar-refractivity contribution in [3.63, 3.8) is 0 Å². The molecule has 2 fully saturated rings. The summed E-state index contributed by atoms with van der Waals surface area (Å²) in [5, 5.41) is 10.1. The lowest BCUT2D eigenvalue weighted by Crippen LogP contribution is -2.33. The number of ether oxygens (including phenoxy) is 2. The number of phenols is 1. The molecule has 3 aliphatic heterocycles. The van der Waals surface area contributed by atoms with Crippen molar-refractivity contribution in [2.24, 2.45) is 0 Å². The Bertz CT molecular complexity index is 1060. The quantitative estimate of drug-likeness (QED) is 0.510. The van der Waals surface area contributed by atoms with Crippen LogP contribution in [0.4, 0.5) is 0 Å². The van der Waals surface area contributed by atoms with Crippen LogP contribution >= 0.6 is 23.5 Å². The Hall–Kier alpha value is -1.76. The summed E-state index contributed by atoms with van der Waals surface area (Å²) in [5.74, 6) is 4.46. The van der Waals surface area contributed by atoms with E-state index in [0.717, 1.165) is 48.6 Å². The molecule has 0 saturated carbocycles. The Morgan fingerprint density at radius 3 is 2.62 bits per heavy atom. The summed E-state index contributed by atoms with van der Waals surface area (Å²) < 4.78 is 13.0. The fraction of sp³-hybridized carbons (Fsp3) is 0.500. The van der Waals surface area contributed by atoms with Crippen molar-refractivity contribution in [1.29, 1.82) is 0 Å². The molecule has 1 spiro atoms. The molecular weight excluding hydrogens is 462 g/mol. The minimum Gasteiger partial charge on any atom is -0.508 e. The highest BCUT2D eigenvalue weighted by atomic mass is 32.2. The molecule has 6 heteroatoms. The predicted molar refractivity (Wildman–Crippen MR) is 142 cm³/mol. The van der Waals surface area contributed by atoms with Gasteiger partial charge in [-0.15, -0.1) is 23.5 Å². The second kappa shape index (κ2) is 9.71. The van der Waals surface area contributed by atoms with Crippen LogP contribution in [0.25, 0.3) is 5.57 Å². The third kappa shape index (κ3) is 4.57. The maximum Gasteiger partial charge on any atom is 0.146 e. The van der Waals surface area contributed by atoms with Crippen molar-refractivity contribution in [1.82, 2.24) is 4.90 Å². The lowest BCUT2D eigenvalue weighted by molar-refractivity contribution is 0.183. The molecule has 1 aliphatic carbocycles. The standard InChI is InChI=1S/C28H33NO3S2/c30-21-6-9-24-23-10-11-28(33-16-17-34-28)19-25(23)27(32-26(24)18-21)20-4-7-22(8-5-20)31-15-14-29-12-2-1-3-13-29/h4-9,18,27,30H,1-3,10-17,19H2/t27-/m1/s1. The first kappa shape index (κ1) is 22.7. The summed E-state index contributed by atoms with van der Waals surface area (Å²) in [4.78, 5) is 2.51. The monoisotopic (exact) mass is 495 g/mol. The van der Waals surface area contributed by atoms with E-state index in [1.165, 1.54) is 61.4 Å². The molecule has 1 atom stereocenters. The van der Waals surface area contributed by atoms with Gasteiger partial charge in [0.25, 0.3) is 0 Å². The molecule has 4 nitrogen and oxygen atoms in total. The van der Waals surface area contributed by atoms with E-state index in [0.29, 0.717) is 4.08 Å². The van der Waals surface area contributed by atoms with Gasteiger partial charge in [-0.1, -0.05) is 18.6 Å². The molecule has 0 radical (unpaired) electrons. The third-order valence-electron chi connectivity index (χ3n) is 7.58. The fourth-order valence-corrected chi connectivity index (χ4v) is 9.05. The van der Waals surface area contributed by atoms with Gasteiger partial charge in [-0.25, -0.2) is 0 Å². The molecule has 2 saturated heterocycles. The van der Waals surface area contributed by atoms with Crippen LogP contribution in [0.15, 0.2) is 48.0 Å². The largest absolute Gasteiger partial charge is 0.508 e. The van der Waals surface area contributed by atoms with Gasteiger partial charge in [0.05, 0.1) is 4.08 Å². The van der Waals surface area contributed by atoms with Crippen molar-refractivity contribution in [3.05, 3.63) is 59.2 Å². The van der Waals surface area contributed by atoms with E-state index in [-0.39, 0.29) is 11.9 Å². The van der Waals surface area contributed by atoms with Gasteiger partial charge in [-0.3, -0.25) is 4.90 Å². The number of likely N-dealkylation sites (tertiary alicyclic amines) is 1. The second-order valence-corrected chi connectivity index (χ2v) is 13.0. The fourth-order valence-electron chi connectivity index (χ4n) is 5.80. The topological polar surface area (TPSA) is 41.9 Å². The van der Waals surface area contributed by atoms with E-state index in [1.807, 2.05) is 6.07 Å². The molecule has 0 bridgehead atoms. The van der Waals surface area contributed by atoms with Crippen LogP contribution in [0.1, 0.15) is 55.8 Å². The van der Waals surface area contributed by atoms with Crippen molar-refractivity contribution in [3.8, 4) is 17.2 Å². The first-order valence-corrected chi connectivity index (χ1v) is 14.6. The zero-order chi connectivity index (χ0) is 23.0. The van der Waals surface area contributed by atoms with Gasteiger partial charge in [-0.2, -0.15) is 0 Å². The molecule has 180 valence electrons. The molecule has 4 aliphatic rings. The number of hydrogen-bond donors (Lipinski definition) is 1. The highest BCUT2D eigenvalue weighted by molar-refractivity contribution is 8.21. The van der Waals surface area contributed by atoms with E-state index in [9.17, 15) is 5.11 Å². The van der Waals surface area contributed by atoms with Crippen molar-refractivity contribution < 1.29 is 14.6 Å². The summed E-state index contributed by atoms with van der Waals surface area (Å²) in [7, 11) is 0. The Kier molecular flexibility index (Phi) is 6.48. The molecular formula is C28H33NO3S2. The Balaban J connectivity index is 1.22. The van der Waals surface area contributed by atoms with E-state index in [4.69, 9.17) is 9.47 Å². The van der Waals surface area contributed by atoms with Crippen molar-refractivity contribution in [2.75, 3.05) is 37.7 Å². The molecule has 3 heterocycles. The lowest BCUT2D eigenvalue weighted by Gasteiger charge is -2.41. The van der Waals surface area contributed by atoms with Crippen molar-refractivity contribution >= 4 is 29.1 Å². The summed E-state index contributed by atoms with van der Waals surface area (Å²) in [6.07, 6.45) is 7.23. The van der Waals surface area contributed by atoms with E-state index >= 15 is 0 Å². The Labute approximate surface area is 211 Å². The lowest BCUT2D eigenvalue weighted by atomic mass is 9.80. The highest BCUT2D eigenvalue weighted by Gasteiger charge is 2.44. The number of aromatic hydroxyl groups is 1. The summed E-state index contributed by atoms with van der Waals surface area (Å²) >= 11 is 4.27. The molecule has 6 rings (SSSR count). The van der Waals surface area contributed by atoms with Crippen LogP contribution in [0.5, 0.6) is 17.2 Å². The zero-order valence-electron chi connectivity index (χ0n) is 19.6. The van der Waals surface area contributed by atoms with Gasteiger partial charge < -0.3 is 14.6 Å². The maximum absolute atomic E-state index is 10.1. The van der Waals surface area contributed by atoms with E-state index in [1.54, 1.807) is 12.1 Å². The van der Waals surface area contributed by atoms with Crippen LogP contribution in [0, 0.1) is 0 Å². The summed E-state index contributed by atoms with van der Waals surface area (Å²) in [5.41, 5.74) is 5.16. The van der Waals surface area contributed by atoms with Crippen LogP contribution < -0.4 is 9.47 Å². The van der Waals surface area contributed by atoms with Gasteiger partial charge in [-0.05, 0) is 86.2 Å². The number of benzene rings is 2. The van der Waals surface area contributed by atoms with Gasteiger partial charge >= 0.3 is 0 Å². The highest BCUT2D eigenvalue weighted by Crippen LogP contribution is 2.59. The molecule has 1 N–H and O–H groups in total. The minimum absolute atomic E-state index is 0.106. The first-order chi connectivity index (χ1) is 16.7. The zero-order valence-corrected chi connectivity index (χ0v) is 21.3. The molecule has 2 aromatic rings. The number of nitrogens with zero attached hydrogens (tertiary/aromatic N) is 1. The first-order valence-electron chi connectivity index (χ1n) is 12.6. The number of phenolic OH excluding ortho intramolecular Hbond substituents is 1. The number of fused-ring (bicyclic) bond motifs is 2.